The van der Waals surface area contributed by atoms with Gasteiger partial charge in [0.05, 0.1) is 25.9 Å². The molecule has 2 heterocycles. The minimum atomic E-state index is -0.990. The summed E-state index contributed by atoms with van der Waals surface area (Å²) in [6.45, 7) is 5.93. The zero-order valence-corrected chi connectivity index (χ0v) is 22.5. The fourth-order valence-corrected chi connectivity index (χ4v) is 6.11. The van der Waals surface area contributed by atoms with Crippen LogP contribution in [0.25, 0.3) is 0 Å². The smallest absolute Gasteiger partial charge is 0.336 e. The van der Waals surface area contributed by atoms with Crippen molar-refractivity contribution in [3.8, 4) is 5.75 Å². The van der Waals surface area contributed by atoms with E-state index in [-0.39, 0.29) is 24.9 Å². The molecule has 0 unspecified atom stereocenters. The molecule has 0 spiro atoms. The molecule has 2 aromatic rings. The van der Waals surface area contributed by atoms with Crippen LogP contribution in [-0.4, -0.2) is 38.0 Å². The molecule has 1 aromatic carbocycles. The zero-order chi connectivity index (χ0) is 26.5. The Morgan fingerprint density at radius 2 is 1.78 bits per heavy atom. The third-order valence-corrected chi connectivity index (χ3v) is 7.80. The molecule has 0 amide bonds. The molecule has 0 saturated heterocycles. The SMILES string of the molecule is CCCC1=C(C(=O)OCC)[C@@H](c2ccc(OC)cc2)C2=C(C[C@@H](c3cccs3)[C@H](C(=O)OCC)C2=O)N1. The predicted molar refractivity (Wildman–Crippen MR) is 141 cm³/mol. The van der Waals surface area contributed by atoms with Gasteiger partial charge in [0.25, 0.3) is 0 Å². The topological polar surface area (TPSA) is 90.9 Å². The van der Waals surface area contributed by atoms with E-state index in [1.807, 2.05) is 48.7 Å². The molecule has 7 nitrogen and oxygen atoms in total. The molecular weight excluding hydrogens is 490 g/mol. The lowest BCUT2D eigenvalue weighted by Gasteiger charge is -2.39. The van der Waals surface area contributed by atoms with Crippen molar-refractivity contribution in [2.24, 2.45) is 5.92 Å². The Balaban J connectivity index is 1.91. The number of hydrogen-bond donors (Lipinski definition) is 1. The van der Waals surface area contributed by atoms with Crippen molar-refractivity contribution in [2.75, 3.05) is 20.3 Å². The average molecular weight is 524 g/mol. The van der Waals surface area contributed by atoms with Gasteiger partial charge in [-0.2, -0.15) is 0 Å². The summed E-state index contributed by atoms with van der Waals surface area (Å²) in [6.07, 6.45) is 1.88. The van der Waals surface area contributed by atoms with Crippen LogP contribution in [0.1, 0.15) is 62.3 Å². The van der Waals surface area contributed by atoms with E-state index in [9.17, 15) is 14.4 Å². The summed E-state index contributed by atoms with van der Waals surface area (Å²) in [5.74, 6) is -2.66. The number of ether oxygens (including phenoxy) is 3. The van der Waals surface area contributed by atoms with Gasteiger partial charge in [-0.25, -0.2) is 4.79 Å². The fourth-order valence-electron chi connectivity index (χ4n) is 5.25. The van der Waals surface area contributed by atoms with Crippen molar-refractivity contribution >= 4 is 29.1 Å². The van der Waals surface area contributed by atoms with Gasteiger partial charge in [0.1, 0.15) is 11.7 Å². The number of esters is 2. The Morgan fingerprint density at radius 1 is 1.05 bits per heavy atom. The van der Waals surface area contributed by atoms with Gasteiger partial charge in [0.2, 0.25) is 0 Å². The Morgan fingerprint density at radius 3 is 2.38 bits per heavy atom. The van der Waals surface area contributed by atoms with Gasteiger partial charge in [0.15, 0.2) is 5.78 Å². The molecule has 196 valence electrons. The molecule has 2 aliphatic rings. The molecule has 3 atom stereocenters. The van der Waals surface area contributed by atoms with Crippen molar-refractivity contribution in [1.82, 2.24) is 5.32 Å². The third-order valence-electron chi connectivity index (χ3n) is 6.80. The summed E-state index contributed by atoms with van der Waals surface area (Å²) in [4.78, 5) is 41.8. The largest absolute Gasteiger partial charge is 0.497 e. The van der Waals surface area contributed by atoms with Gasteiger partial charge in [-0.1, -0.05) is 31.5 Å². The van der Waals surface area contributed by atoms with Gasteiger partial charge in [0, 0.05) is 33.7 Å². The second-order valence-corrected chi connectivity index (χ2v) is 9.99. The summed E-state index contributed by atoms with van der Waals surface area (Å²) in [7, 11) is 1.59. The molecule has 0 saturated carbocycles. The molecule has 0 bridgehead atoms. The number of ketones is 1. The Hall–Kier alpha value is -3.39. The van der Waals surface area contributed by atoms with Crippen molar-refractivity contribution in [1.29, 1.82) is 0 Å². The van der Waals surface area contributed by atoms with Crippen LogP contribution < -0.4 is 10.1 Å². The average Bonchev–Trinajstić information content (AvgIpc) is 3.43. The van der Waals surface area contributed by atoms with E-state index < -0.39 is 23.8 Å². The lowest BCUT2D eigenvalue weighted by atomic mass is 9.68. The fraction of sp³-hybridized carbons (Fsp3) is 0.414. The summed E-state index contributed by atoms with van der Waals surface area (Å²) in [6, 6.07) is 11.2. The van der Waals surface area contributed by atoms with Crippen LogP contribution >= 0.6 is 11.3 Å². The van der Waals surface area contributed by atoms with Gasteiger partial charge in [-0.15, -0.1) is 11.3 Å². The van der Waals surface area contributed by atoms with Gasteiger partial charge in [-0.3, -0.25) is 9.59 Å². The normalized spacial score (nSPS) is 21.3. The minimum absolute atomic E-state index is 0.181. The number of rotatable bonds is 9. The number of methoxy groups -OCH3 is 1. The number of allylic oxidation sites excluding steroid dienone is 3. The maximum atomic E-state index is 14.3. The maximum absolute atomic E-state index is 14.3. The second kappa shape index (κ2) is 11.8. The van der Waals surface area contributed by atoms with E-state index in [0.717, 1.165) is 28.3 Å². The van der Waals surface area contributed by atoms with E-state index in [1.165, 1.54) is 11.3 Å². The maximum Gasteiger partial charge on any atom is 0.336 e. The van der Waals surface area contributed by atoms with Crippen molar-refractivity contribution in [3.05, 3.63) is 74.8 Å². The van der Waals surface area contributed by atoms with Crippen molar-refractivity contribution in [2.45, 2.75) is 51.9 Å². The first kappa shape index (κ1) is 26.7. The minimum Gasteiger partial charge on any atom is -0.497 e. The molecular formula is C29H33NO6S. The van der Waals surface area contributed by atoms with E-state index in [4.69, 9.17) is 14.2 Å². The Labute approximate surface area is 221 Å². The van der Waals surface area contributed by atoms with Crippen molar-refractivity contribution < 1.29 is 28.6 Å². The van der Waals surface area contributed by atoms with E-state index in [2.05, 4.69) is 5.32 Å². The number of hydrogen-bond acceptors (Lipinski definition) is 8. The molecule has 37 heavy (non-hydrogen) atoms. The first-order valence-electron chi connectivity index (χ1n) is 12.7. The zero-order valence-electron chi connectivity index (χ0n) is 21.7. The molecule has 1 aliphatic carbocycles. The molecule has 1 aliphatic heterocycles. The lowest BCUT2D eigenvalue weighted by Crippen LogP contribution is -2.43. The highest BCUT2D eigenvalue weighted by Crippen LogP contribution is 2.49. The Kier molecular flexibility index (Phi) is 8.48. The lowest BCUT2D eigenvalue weighted by molar-refractivity contribution is -0.152. The van der Waals surface area contributed by atoms with E-state index in [0.29, 0.717) is 29.7 Å². The highest BCUT2D eigenvalue weighted by atomic mass is 32.1. The van der Waals surface area contributed by atoms with Gasteiger partial charge in [-0.05, 0) is 55.8 Å². The van der Waals surface area contributed by atoms with Crippen LogP contribution in [-0.2, 0) is 23.9 Å². The predicted octanol–water partition coefficient (Wildman–Crippen LogP) is 5.25. The number of benzene rings is 1. The number of dihydropyridines is 1. The highest BCUT2D eigenvalue weighted by molar-refractivity contribution is 7.10. The van der Waals surface area contributed by atoms with Crippen LogP contribution in [0.3, 0.4) is 0 Å². The van der Waals surface area contributed by atoms with Crippen LogP contribution in [0.15, 0.2) is 64.3 Å². The standard InChI is InChI=1S/C29H33NO6S/c1-5-9-20-26(29(33)36-7-3)23(17-11-13-18(34-4)14-12-17)25-21(30-20)16-19(22-10-8-15-37-22)24(27(25)31)28(32)35-6-2/h8,10-15,19,23-24,30H,5-7,9,16H2,1-4H3/t19-,23-,24-/m0/s1. The quantitative estimate of drug-likeness (QED) is 0.355. The van der Waals surface area contributed by atoms with Gasteiger partial charge < -0.3 is 19.5 Å². The molecule has 1 aromatic heterocycles. The Bertz CT molecular complexity index is 1210. The van der Waals surface area contributed by atoms with Crippen LogP contribution in [0.4, 0.5) is 0 Å². The molecule has 4 rings (SSSR count). The summed E-state index contributed by atoms with van der Waals surface area (Å²) in [5.41, 5.74) is 3.11. The molecule has 8 heteroatoms. The third kappa shape index (κ3) is 5.21. The van der Waals surface area contributed by atoms with Gasteiger partial charge >= 0.3 is 11.9 Å². The highest BCUT2D eigenvalue weighted by Gasteiger charge is 2.49. The number of carbonyl (C=O) groups is 3. The number of Topliss-reactive ketones (excluding diaryl/α,β-unsaturated/α-hetero) is 1. The summed E-state index contributed by atoms with van der Waals surface area (Å²) in [5, 5.41) is 5.39. The van der Waals surface area contributed by atoms with Crippen LogP contribution in [0.2, 0.25) is 0 Å². The number of carbonyl (C=O) groups excluding carboxylic acids is 3. The van der Waals surface area contributed by atoms with E-state index >= 15 is 0 Å². The van der Waals surface area contributed by atoms with E-state index in [1.54, 1.807) is 21.0 Å². The molecule has 0 fully saturated rings. The summed E-state index contributed by atoms with van der Waals surface area (Å²) < 4.78 is 16.2. The second-order valence-electron chi connectivity index (χ2n) is 9.01. The van der Waals surface area contributed by atoms with Crippen LogP contribution in [0.5, 0.6) is 5.75 Å². The summed E-state index contributed by atoms with van der Waals surface area (Å²) >= 11 is 1.52. The van der Waals surface area contributed by atoms with Crippen molar-refractivity contribution in [3.63, 3.8) is 0 Å². The van der Waals surface area contributed by atoms with Crippen LogP contribution in [0, 0.1) is 5.92 Å². The first-order chi connectivity index (χ1) is 17.9. The monoisotopic (exact) mass is 523 g/mol. The molecule has 0 radical (unpaired) electrons. The number of thiophene rings is 1. The first-order valence-corrected chi connectivity index (χ1v) is 13.6. The molecule has 1 N–H and O–H groups in total. The number of nitrogens with one attached hydrogen (secondary N) is 1.